The summed E-state index contributed by atoms with van der Waals surface area (Å²) in [6.45, 7) is 6.30. The van der Waals surface area contributed by atoms with Crippen LogP contribution in [0.4, 0.5) is 0 Å². The first kappa shape index (κ1) is 14.9. The molecule has 1 unspecified atom stereocenters. The molecule has 0 radical (unpaired) electrons. The highest BCUT2D eigenvalue weighted by atomic mass is 16.3. The van der Waals surface area contributed by atoms with E-state index in [2.05, 4.69) is 18.7 Å². The minimum Gasteiger partial charge on any atom is -0.396 e. The smallest absolute Gasteiger partial charge is 0.107 e. The predicted octanol–water partition coefficient (Wildman–Crippen LogP) is 1.98. The predicted molar refractivity (Wildman–Crippen MR) is 63.7 cm³/mol. The van der Waals surface area contributed by atoms with Crippen molar-refractivity contribution in [2.75, 3.05) is 19.7 Å². The van der Waals surface area contributed by atoms with E-state index in [4.69, 9.17) is 5.11 Å². The number of unbranched alkanes of at least 4 members (excludes halogenated alkanes) is 4. The van der Waals surface area contributed by atoms with Crippen LogP contribution in [0.15, 0.2) is 0 Å². The first-order valence-electron chi connectivity index (χ1n) is 6.29. The lowest BCUT2D eigenvalue weighted by molar-refractivity contribution is 0.00276. The molecule has 92 valence electrons. The fourth-order valence-electron chi connectivity index (χ4n) is 1.80. The van der Waals surface area contributed by atoms with Gasteiger partial charge in [0.2, 0.25) is 0 Å². The van der Waals surface area contributed by atoms with Crippen LogP contribution in [0.5, 0.6) is 0 Å². The third-order valence-electron chi connectivity index (χ3n) is 2.85. The summed E-state index contributed by atoms with van der Waals surface area (Å²) in [5.74, 6) is 0. The molecule has 0 aliphatic carbocycles. The van der Waals surface area contributed by atoms with E-state index in [-0.39, 0.29) is 6.23 Å². The highest BCUT2D eigenvalue weighted by Crippen LogP contribution is 2.09. The molecule has 0 saturated carbocycles. The second-order valence-electron chi connectivity index (χ2n) is 3.98. The molecule has 0 aliphatic heterocycles. The Bertz CT molecular complexity index is 127. The zero-order valence-corrected chi connectivity index (χ0v) is 10.3. The summed E-state index contributed by atoms with van der Waals surface area (Å²) in [5.41, 5.74) is 0. The van der Waals surface area contributed by atoms with Crippen molar-refractivity contribution in [1.82, 2.24) is 4.90 Å². The summed E-state index contributed by atoms with van der Waals surface area (Å²) >= 11 is 0. The Morgan fingerprint density at radius 1 is 0.933 bits per heavy atom. The van der Waals surface area contributed by atoms with Gasteiger partial charge in [-0.25, -0.2) is 0 Å². The Labute approximate surface area is 94.1 Å². The molecule has 0 fully saturated rings. The third kappa shape index (κ3) is 7.77. The van der Waals surface area contributed by atoms with Crippen molar-refractivity contribution in [2.45, 2.75) is 58.6 Å². The van der Waals surface area contributed by atoms with Gasteiger partial charge >= 0.3 is 0 Å². The summed E-state index contributed by atoms with van der Waals surface area (Å²) in [6.07, 6.45) is 6.06. The topological polar surface area (TPSA) is 43.7 Å². The van der Waals surface area contributed by atoms with Gasteiger partial charge < -0.3 is 10.2 Å². The summed E-state index contributed by atoms with van der Waals surface area (Å²) in [4.78, 5) is 2.08. The third-order valence-corrected chi connectivity index (χ3v) is 2.85. The Morgan fingerprint density at radius 2 is 1.47 bits per heavy atom. The first-order chi connectivity index (χ1) is 7.26. The first-order valence-corrected chi connectivity index (χ1v) is 6.29. The van der Waals surface area contributed by atoms with Gasteiger partial charge in [0.05, 0.1) is 0 Å². The van der Waals surface area contributed by atoms with Crippen LogP contribution in [-0.4, -0.2) is 41.0 Å². The molecule has 0 aromatic rings. The average Bonchev–Trinajstić information content (AvgIpc) is 2.25. The van der Waals surface area contributed by atoms with E-state index >= 15 is 0 Å². The van der Waals surface area contributed by atoms with E-state index in [0.717, 1.165) is 38.8 Å². The lowest BCUT2D eigenvalue weighted by Gasteiger charge is -2.24. The van der Waals surface area contributed by atoms with Gasteiger partial charge in [0.25, 0.3) is 0 Å². The van der Waals surface area contributed by atoms with Crippen molar-refractivity contribution < 1.29 is 10.2 Å². The van der Waals surface area contributed by atoms with Crippen molar-refractivity contribution in [3.05, 3.63) is 0 Å². The van der Waals surface area contributed by atoms with Gasteiger partial charge in [-0.05, 0) is 32.4 Å². The molecule has 0 saturated heterocycles. The van der Waals surface area contributed by atoms with E-state index in [0.29, 0.717) is 6.61 Å². The minimum atomic E-state index is -0.266. The summed E-state index contributed by atoms with van der Waals surface area (Å²) in [6, 6.07) is 0. The zero-order valence-electron chi connectivity index (χ0n) is 10.3. The van der Waals surface area contributed by atoms with E-state index in [1.165, 1.54) is 12.8 Å². The number of rotatable bonds is 10. The van der Waals surface area contributed by atoms with E-state index in [1.807, 2.05) is 0 Å². The van der Waals surface area contributed by atoms with Gasteiger partial charge in [0.15, 0.2) is 0 Å². The van der Waals surface area contributed by atoms with Crippen LogP contribution in [0.25, 0.3) is 0 Å². The van der Waals surface area contributed by atoms with Gasteiger partial charge in [-0.1, -0.05) is 33.1 Å². The molecule has 3 heteroatoms. The van der Waals surface area contributed by atoms with Crippen LogP contribution in [0.2, 0.25) is 0 Å². The van der Waals surface area contributed by atoms with Crippen LogP contribution in [0.3, 0.4) is 0 Å². The molecule has 0 aliphatic rings. The molecule has 0 aromatic heterocycles. The van der Waals surface area contributed by atoms with Crippen molar-refractivity contribution >= 4 is 0 Å². The van der Waals surface area contributed by atoms with E-state index in [9.17, 15) is 5.11 Å². The van der Waals surface area contributed by atoms with Crippen LogP contribution < -0.4 is 0 Å². The van der Waals surface area contributed by atoms with Gasteiger partial charge in [0.1, 0.15) is 6.23 Å². The summed E-state index contributed by atoms with van der Waals surface area (Å²) in [5, 5.41) is 18.4. The molecule has 0 rings (SSSR count). The minimum absolute atomic E-state index is 0.266. The molecule has 0 aromatic carbocycles. The zero-order chi connectivity index (χ0) is 11.5. The van der Waals surface area contributed by atoms with Crippen LogP contribution in [0, 0.1) is 0 Å². The van der Waals surface area contributed by atoms with Crippen LogP contribution >= 0.6 is 0 Å². The molecule has 0 bridgehead atoms. The molecule has 15 heavy (non-hydrogen) atoms. The normalized spacial score (nSPS) is 13.4. The van der Waals surface area contributed by atoms with Crippen molar-refractivity contribution in [3.8, 4) is 0 Å². The van der Waals surface area contributed by atoms with Crippen LogP contribution in [0.1, 0.15) is 52.4 Å². The number of hydrogen-bond donors (Lipinski definition) is 2. The molecule has 3 nitrogen and oxygen atoms in total. The summed E-state index contributed by atoms with van der Waals surface area (Å²) in [7, 11) is 0. The quantitative estimate of drug-likeness (QED) is 0.434. The second-order valence-corrected chi connectivity index (χ2v) is 3.98. The molecule has 0 heterocycles. The van der Waals surface area contributed by atoms with Gasteiger partial charge in [0, 0.05) is 6.61 Å². The highest BCUT2D eigenvalue weighted by Gasteiger charge is 2.10. The van der Waals surface area contributed by atoms with Gasteiger partial charge in [-0.15, -0.1) is 0 Å². The fraction of sp³-hybridized carbons (Fsp3) is 1.00. The Balaban J connectivity index is 3.33. The average molecular weight is 217 g/mol. The monoisotopic (exact) mass is 217 g/mol. The van der Waals surface area contributed by atoms with Crippen molar-refractivity contribution in [3.63, 3.8) is 0 Å². The number of aliphatic hydroxyl groups excluding tert-OH is 2. The van der Waals surface area contributed by atoms with Gasteiger partial charge in [-0.2, -0.15) is 0 Å². The molecular weight excluding hydrogens is 190 g/mol. The lowest BCUT2D eigenvalue weighted by Crippen LogP contribution is -2.34. The van der Waals surface area contributed by atoms with Crippen LogP contribution in [-0.2, 0) is 0 Å². The molecule has 0 spiro atoms. The maximum Gasteiger partial charge on any atom is 0.107 e. The number of nitrogens with zero attached hydrogens (tertiary/aromatic N) is 1. The van der Waals surface area contributed by atoms with Crippen molar-refractivity contribution in [2.24, 2.45) is 0 Å². The van der Waals surface area contributed by atoms with E-state index < -0.39 is 0 Å². The summed E-state index contributed by atoms with van der Waals surface area (Å²) < 4.78 is 0. The number of aliphatic hydroxyl groups is 2. The van der Waals surface area contributed by atoms with Crippen molar-refractivity contribution in [1.29, 1.82) is 0 Å². The fourth-order valence-corrected chi connectivity index (χ4v) is 1.80. The molecule has 2 N–H and O–H groups in total. The highest BCUT2D eigenvalue weighted by molar-refractivity contribution is 4.58. The maximum absolute atomic E-state index is 9.80. The van der Waals surface area contributed by atoms with Gasteiger partial charge in [-0.3, -0.25) is 4.90 Å². The lowest BCUT2D eigenvalue weighted by atomic mass is 10.1. The number of hydrogen-bond acceptors (Lipinski definition) is 3. The second kappa shape index (κ2) is 10.4. The van der Waals surface area contributed by atoms with E-state index in [1.54, 1.807) is 0 Å². The largest absolute Gasteiger partial charge is 0.396 e. The Hall–Kier alpha value is -0.120. The molecule has 0 amide bonds. The SMILES string of the molecule is CCN(CC)C(O)CCCCCCCO. The molecule has 1 atom stereocenters. The Morgan fingerprint density at radius 3 is 2.00 bits per heavy atom. The standard InChI is InChI=1S/C12H27NO2/c1-3-13(4-2)12(15)10-8-6-5-7-9-11-14/h12,14-15H,3-11H2,1-2H3. The maximum atomic E-state index is 9.80. The molecular formula is C12H27NO2. The Kier molecular flexibility index (Phi) is 10.3.